The Bertz CT molecular complexity index is 387. The van der Waals surface area contributed by atoms with Crippen LogP contribution in [0, 0.1) is 17.1 Å². The highest BCUT2D eigenvalue weighted by Crippen LogP contribution is 2.36. The van der Waals surface area contributed by atoms with Crippen LogP contribution in [0.25, 0.3) is 0 Å². The van der Waals surface area contributed by atoms with Gasteiger partial charge in [0.25, 0.3) is 0 Å². The molecule has 0 spiro atoms. The predicted octanol–water partition coefficient (Wildman–Crippen LogP) is 2.07. The summed E-state index contributed by atoms with van der Waals surface area (Å²) in [4.78, 5) is 0. The maximum absolute atomic E-state index is 12.9. The molecule has 0 amide bonds. The Hall–Kier alpha value is -1.28. The molecule has 2 N–H and O–H groups in total. The van der Waals surface area contributed by atoms with Crippen molar-refractivity contribution in [1.29, 1.82) is 5.26 Å². The van der Waals surface area contributed by atoms with Gasteiger partial charge in [-0.2, -0.15) is 5.26 Å². The van der Waals surface area contributed by atoms with Crippen LogP contribution in [-0.2, 0) is 6.42 Å². The second kappa shape index (κ2) is 3.62. The molecule has 3 nitrogen and oxygen atoms in total. The minimum Gasteiger partial charge on any atom is -0.504 e. The van der Waals surface area contributed by atoms with Crippen molar-refractivity contribution in [2.24, 2.45) is 0 Å². The van der Waals surface area contributed by atoms with Gasteiger partial charge in [-0.05, 0) is 22.0 Å². The molecule has 5 heteroatoms. The summed E-state index contributed by atoms with van der Waals surface area (Å²) in [6.45, 7) is 0. The Morgan fingerprint density at radius 3 is 2.62 bits per heavy atom. The fourth-order valence-corrected chi connectivity index (χ4v) is 1.34. The Balaban J connectivity index is 3.34. The summed E-state index contributed by atoms with van der Waals surface area (Å²) >= 11 is 2.85. The zero-order valence-corrected chi connectivity index (χ0v) is 7.97. The molecule has 0 saturated carbocycles. The molecule has 0 aliphatic heterocycles. The van der Waals surface area contributed by atoms with Gasteiger partial charge in [-0.1, -0.05) is 0 Å². The second-order valence-corrected chi connectivity index (χ2v) is 3.22. The van der Waals surface area contributed by atoms with Crippen LogP contribution < -0.4 is 0 Å². The average molecular weight is 246 g/mol. The molecular weight excluding hydrogens is 241 g/mol. The molecule has 0 unspecified atom stereocenters. The summed E-state index contributed by atoms with van der Waals surface area (Å²) in [5.41, 5.74) is 0.188. The molecule has 68 valence electrons. The third-order valence-corrected chi connectivity index (χ3v) is 2.09. The second-order valence-electron chi connectivity index (χ2n) is 2.36. The van der Waals surface area contributed by atoms with Crippen LogP contribution in [0.1, 0.15) is 5.56 Å². The van der Waals surface area contributed by atoms with Crippen molar-refractivity contribution < 1.29 is 14.6 Å². The number of hydrogen-bond donors (Lipinski definition) is 2. The van der Waals surface area contributed by atoms with E-state index in [9.17, 15) is 9.50 Å². The average Bonchev–Trinajstić information content (AvgIpc) is 2.11. The normalized spacial score (nSPS) is 9.62. The Morgan fingerprint density at radius 1 is 1.46 bits per heavy atom. The summed E-state index contributed by atoms with van der Waals surface area (Å²) in [5, 5.41) is 26.5. The first-order chi connectivity index (χ1) is 6.07. The largest absolute Gasteiger partial charge is 0.504 e. The van der Waals surface area contributed by atoms with Gasteiger partial charge in [0, 0.05) is 5.56 Å². The summed E-state index contributed by atoms with van der Waals surface area (Å²) in [6, 6.07) is 3.04. The van der Waals surface area contributed by atoms with E-state index in [1.54, 1.807) is 6.07 Å². The third kappa shape index (κ3) is 1.73. The van der Waals surface area contributed by atoms with Crippen LogP contribution in [0.4, 0.5) is 4.39 Å². The first kappa shape index (κ1) is 9.81. The maximum atomic E-state index is 12.9. The number of nitrogens with zero attached hydrogens (tertiary/aromatic N) is 1. The predicted molar refractivity (Wildman–Crippen MR) is 46.7 cm³/mol. The Kier molecular flexibility index (Phi) is 2.73. The molecule has 0 bridgehead atoms. The molecule has 1 rings (SSSR count). The molecule has 1 aromatic carbocycles. The van der Waals surface area contributed by atoms with Crippen molar-refractivity contribution in [2.45, 2.75) is 6.42 Å². The van der Waals surface area contributed by atoms with Gasteiger partial charge in [-0.15, -0.1) is 0 Å². The lowest BCUT2D eigenvalue weighted by Crippen LogP contribution is -1.88. The Labute approximate surface area is 82.2 Å². The zero-order chi connectivity index (χ0) is 10.0. The highest BCUT2D eigenvalue weighted by Gasteiger charge is 2.15. The number of halogens is 2. The molecule has 13 heavy (non-hydrogen) atoms. The van der Waals surface area contributed by atoms with E-state index in [0.29, 0.717) is 0 Å². The smallest absolute Gasteiger partial charge is 0.195 e. The minimum atomic E-state index is -0.931. The Morgan fingerprint density at radius 2 is 2.08 bits per heavy atom. The lowest BCUT2D eigenvalue weighted by Gasteiger charge is -2.05. The summed E-state index contributed by atoms with van der Waals surface area (Å²) in [6.07, 6.45) is -0.0850. The first-order valence-corrected chi connectivity index (χ1v) is 4.13. The van der Waals surface area contributed by atoms with Crippen LogP contribution in [0.15, 0.2) is 10.5 Å². The number of benzene rings is 1. The number of rotatable bonds is 1. The van der Waals surface area contributed by atoms with Gasteiger partial charge < -0.3 is 10.2 Å². The molecule has 0 aromatic heterocycles. The zero-order valence-electron chi connectivity index (χ0n) is 6.38. The van der Waals surface area contributed by atoms with E-state index in [4.69, 9.17) is 10.4 Å². The number of phenolic OH excluding ortho intramolecular Hbond substituents is 2. The molecule has 1 aromatic rings. The lowest BCUT2D eigenvalue weighted by molar-refractivity contribution is 0.375. The van der Waals surface area contributed by atoms with Crippen molar-refractivity contribution in [3.05, 3.63) is 21.9 Å². The van der Waals surface area contributed by atoms with E-state index in [1.165, 1.54) is 6.07 Å². The molecular formula is C8H5BrFNO2. The fourth-order valence-electron chi connectivity index (χ4n) is 0.874. The van der Waals surface area contributed by atoms with Gasteiger partial charge in [0.2, 0.25) is 0 Å². The van der Waals surface area contributed by atoms with Gasteiger partial charge in [0.05, 0.1) is 17.0 Å². The van der Waals surface area contributed by atoms with Gasteiger partial charge >= 0.3 is 0 Å². The van der Waals surface area contributed by atoms with Crippen molar-refractivity contribution >= 4 is 15.9 Å². The van der Waals surface area contributed by atoms with E-state index >= 15 is 0 Å². The first-order valence-electron chi connectivity index (χ1n) is 3.33. The van der Waals surface area contributed by atoms with Crippen LogP contribution in [0.3, 0.4) is 0 Å². The minimum absolute atomic E-state index is 0.0213. The highest BCUT2D eigenvalue weighted by atomic mass is 79.9. The quantitative estimate of drug-likeness (QED) is 0.745. The SMILES string of the molecule is N#CCc1cc(Br)c(F)c(O)c1O. The lowest BCUT2D eigenvalue weighted by atomic mass is 10.1. The van der Waals surface area contributed by atoms with E-state index < -0.39 is 17.3 Å². The number of phenols is 2. The van der Waals surface area contributed by atoms with Crippen molar-refractivity contribution in [2.75, 3.05) is 0 Å². The monoisotopic (exact) mass is 245 g/mol. The fraction of sp³-hybridized carbons (Fsp3) is 0.125. The number of nitriles is 1. The van der Waals surface area contributed by atoms with E-state index in [1.807, 2.05) is 0 Å². The molecule has 0 heterocycles. The van der Waals surface area contributed by atoms with E-state index in [-0.39, 0.29) is 16.5 Å². The molecule has 0 radical (unpaired) electrons. The molecule has 0 atom stereocenters. The van der Waals surface area contributed by atoms with Crippen molar-refractivity contribution in [1.82, 2.24) is 0 Å². The van der Waals surface area contributed by atoms with Crippen molar-refractivity contribution in [3.63, 3.8) is 0 Å². The van der Waals surface area contributed by atoms with E-state index in [0.717, 1.165) is 0 Å². The maximum Gasteiger partial charge on any atom is 0.195 e. The van der Waals surface area contributed by atoms with Crippen LogP contribution in [-0.4, -0.2) is 10.2 Å². The molecule has 0 aliphatic rings. The summed E-state index contributed by atoms with van der Waals surface area (Å²) < 4.78 is 12.9. The van der Waals surface area contributed by atoms with Crippen LogP contribution in [0.5, 0.6) is 11.5 Å². The van der Waals surface area contributed by atoms with Crippen molar-refractivity contribution in [3.8, 4) is 17.6 Å². The highest BCUT2D eigenvalue weighted by molar-refractivity contribution is 9.10. The number of hydrogen-bond acceptors (Lipinski definition) is 3. The standard InChI is InChI=1S/C8H5BrFNO2/c9-5-3-4(1-2-11)7(12)8(13)6(5)10/h3,12-13H,1H2. The molecule has 0 fully saturated rings. The van der Waals surface area contributed by atoms with Gasteiger partial charge in [0.1, 0.15) is 0 Å². The number of aromatic hydroxyl groups is 2. The molecule has 0 saturated heterocycles. The summed E-state index contributed by atoms with van der Waals surface area (Å²) in [7, 11) is 0. The molecule has 0 aliphatic carbocycles. The third-order valence-electron chi connectivity index (χ3n) is 1.52. The van der Waals surface area contributed by atoms with E-state index in [2.05, 4.69) is 15.9 Å². The van der Waals surface area contributed by atoms with Crippen LogP contribution >= 0.6 is 15.9 Å². The van der Waals surface area contributed by atoms with Crippen LogP contribution in [0.2, 0.25) is 0 Å². The topological polar surface area (TPSA) is 64.2 Å². The summed E-state index contributed by atoms with van der Waals surface area (Å²) in [5.74, 6) is -2.35. The van der Waals surface area contributed by atoms with Gasteiger partial charge in [-0.3, -0.25) is 0 Å². The van der Waals surface area contributed by atoms with Gasteiger partial charge in [-0.25, -0.2) is 4.39 Å². The van der Waals surface area contributed by atoms with Gasteiger partial charge in [0.15, 0.2) is 17.3 Å².